The van der Waals surface area contributed by atoms with E-state index in [1.165, 1.54) is 6.42 Å². The van der Waals surface area contributed by atoms with Crippen LogP contribution < -0.4 is 10.6 Å². The molecule has 1 heterocycles. The second-order valence-electron chi connectivity index (χ2n) is 12.2. The Kier molecular flexibility index (Phi) is 6.39. The van der Waals surface area contributed by atoms with Crippen LogP contribution in [0, 0.1) is 28.6 Å². The average Bonchev–Trinajstić information content (AvgIpc) is 2.94. The predicted molar refractivity (Wildman–Crippen MR) is 119 cm³/mol. The standard InChI is InChI=1S/C23H41BN2O4/c1-14(2)9-18(26-20(28)13-25-19(27)12-21(3,4)5)24-29-17-11-15-10-16(22(15,6)7)23(17,8)30-24/h14-18H,9-13H2,1-8H3,(H,25,27)(H,26,28)/t15-,16?,17+,18-,23-/m0/s1. The largest absolute Gasteiger partial charge is 0.481 e. The van der Waals surface area contributed by atoms with Crippen molar-refractivity contribution < 1.29 is 18.9 Å². The molecule has 170 valence electrons. The van der Waals surface area contributed by atoms with E-state index < -0.39 is 7.12 Å². The average molecular weight is 420 g/mol. The van der Waals surface area contributed by atoms with Crippen molar-refractivity contribution >= 4 is 18.9 Å². The van der Waals surface area contributed by atoms with E-state index >= 15 is 0 Å². The monoisotopic (exact) mass is 420 g/mol. The second kappa shape index (κ2) is 8.12. The Balaban J connectivity index is 1.60. The van der Waals surface area contributed by atoms with Gasteiger partial charge in [0.15, 0.2) is 0 Å². The topological polar surface area (TPSA) is 76.7 Å². The molecule has 4 fully saturated rings. The lowest BCUT2D eigenvalue weighted by Crippen LogP contribution is -2.65. The number of carbonyl (C=O) groups is 2. The van der Waals surface area contributed by atoms with E-state index in [1.807, 2.05) is 20.8 Å². The molecule has 3 saturated carbocycles. The van der Waals surface area contributed by atoms with Crippen molar-refractivity contribution in [2.45, 2.75) is 98.7 Å². The molecule has 5 atom stereocenters. The van der Waals surface area contributed by atoms with Gasteiger partial charge in [-0.2, -0.15) is 0 Å². The maximum Gasteiger partial charge on any atom is 0.481 e. The number of nitrogens with one attached hydrogen (secondary N) is 2. The van der Waals surface area contributed by atoms with Gasteiger partial charge in [0.2, 0.25) is 11.8 Å². The molecular formula is C23H41BN2O4. The summed E-state index contributed by atoms with van der Waals surface area (Å²) in [5.74, 6) is 1.05. The van der Waals surface area contributed by atoms with Crippen LogP contribution in [0.2, 0.25) is 0 Å². The highest BCUT2D eigenvalue weighted by molar-refractivity contribution is 6.47. The fourth-order valence-corrected chi connectivity index (χ4v) is 5.80. The maximum absolute atomic E-state index is 12.6. The molecule has 0 radical (unpaired) electrons. The number of amides is 2. The van der Waals surface area contributed by atoms with Crippen LogP contribution in [0.4, 0.5) is 0 Å². The number of carbonyl (C=O) groups excluding carboxylic acids is 2. The van der Waals surface area contributed by atoms with Gasteiger partial charge in [0, 0.05) is 6.42 Å². The highest BCUT2D eigenvalue weighted by Crippen LogP contribution is 2.65. The molecule has 0 aromatic rings. The summed E-state index contributed by atoms with van der Waals surface area (Å²) in [7, 11) is -0.438. The van der Waals surface area contributed by atoms with Crippen molar-refractivity contribution in [1.82, 2.24) is 10.6 Å². The molecular weight excluding hydrogens is 379 g/mol. The third-order valence-corrected chi connectivity index (χ3v) is 7.51. The quantitative estimate of drug-likeness (QED) is 0.620. The summed E-state index contributed by atoms with van der Waals surface area (Å²) < 4.78 is 13.0. The molecule has 30 heavy (non-hydrogen) atoms. The van der Waals surface area contributed by atoms with Gasteiger partial charge >= 0.3 is 7.12 Å². The smallest absolute Gasteiger partial charge is 0.404 e. The third kappa shape index (κ3) is 4.72. The van der Waals surface area contributed by atoms with E-state index in [4.69, 9.17) is 9.31 Å². The summed E-state index contributed by atoms with van der Waals surface area (Å²) in [4.78, 5) is 24.7. The Hall–Kier alpha value is -1.08. The molecule has 4 aliphatic rings. The van der Waals surface area contributed by atoms with Gasteiger partial charge < -0.3 is 19.9 Å². The molecule has 1 aliphatic heterocycles. The van der Waals surface area contributed by atoms with Crippen LogP contribution in [0.1, 0.15) is 81.1 Å². The van der Waals surface area contributed by atoms with Gasteiger partial charge in [0.1, 0.15) is 0 Å². The van der Waals surface area contributed by atoms with E-state index in [0.717, 1.165) is 12.8 Å². The third-order valence-electron chi connectivity index (χ3n) is 7.51. The van der Waals surface area contributed by atoms with E-state index in [-0.39, 0.29) is 46.8 Å². The maximum atomic E-state index is 12.6. The van der Waals surface area contributed by atoms with Crippen LogP contribution in [-0.2, 0) is 18.9 Å². The van der Waals surface area contributed by atoms with Gasteiger partial charge in [-0.25, -0.2) is 0 Å². The lowest BCUT2D eigenvalue weighted by molar-refractivity contribution is -0.199. The molecule has 0 aromatic carbocycles. The Labute approximate surface area is 182 Å². The zero-order valence-electron chi connectivity index (χ0n) is 20.1. The summed E-state index contributed by atoms with van der Waals surface area (Å²) >= 11 is 0. The summed E-state index contributed by atoms with van der Waals surface area (Å²) in [5.41, 5.74) is -0.103. The Morgan fingerprint density at radius 1 is 1.13 bits per heavy atom. The van der Waals surface area contributed by atoms with E-state index in [1.54, 1.807) is 0 Å². The minimum absolute atomic E-state index is 0.0192. The van der Waals surface area contributed by atoms with Crippen LogP contribution in [0.5, 0.6) is 0 Å². The first-order valence-corrected chi connectivity index (χ1v) is 11.6. The van der Waals surface area contributed by atoms with Gasteiger partial charge in [-0.15, -0.1) is 0 Å². The lowest BCUT2D eigenvalue weighted by Gasteiger charge is -2.64. The minimum Gasteiger partial charge on any atom is -0.404 e. The summed E-state index contributed by atoms with van der Waals surface area (Å²) in [6.45, 7) is 17.1. The normalized spacial score (nSPS) is 33.0. The molecule has 1 unspecified atom stereocenters. The predicted octanol–water partition coefficient (Wildman–Crippen LogP) is 3.34. The van der Waals surface area contributed by atoms with Gasteiger partial charge in [-0.3, -0.25) is 9.59 Å². The van der Waals surface area contributed by atoms with Crippen LogP contribution in [0.3, 0.4) is 0 Å². The first kappa shape index (κ1) is 23.6. The fourth-order valence-electron chi connectivity index (χ4n) is 5.80. The summed E-state index contributed by atoms with van der Waals surface area (Å²) in [6, 6.07) is 0. The molecule has 0 spiro atoms. The zero-order chi connectivity index (χ0) is 22.5. The minimum atomic E-state index is -0.438. The molecule has 2 bridgehead atoms. The van der Waals surface area contributed by atoms with Gasteiger partial charge in [-0.1, -0.05) is 48.5 Å². The highest BCUT2D eigenvalue weighted by atomic mass is 16.7. The van der Waals surface area contributed by atoms with E-state index in [0.29, 0.717) is 24.2 Å². The van der Waals surface area contributed by atoms with Gasteiger partial charge in [0.05, 0.1) is 24.2 Å². The molecule has 2 amide bonds. The molecule has 4 rings (SSSR count). The van der Waals surface area contributed by atoms with E-state index in [9.17, 15) is 9.59 Å². The van der Waals surface area contributed by atoms with Gasteiger partial charge in [-0.05, 0) is 54.8 Å². The molecule has 7 heteroatoms. The zero-order valence-corrected chi connectivity index (χ0v) is 20.1. The van der Waals surface area contributed by atoms with Crippen molar-refractivity contribution in [2.24, 2.45) is 28.6 Å². The van der Waals surface area contributed by atoms with Crippen LogP contribution >= 0.6 is 0 Å². The lowest BCUT2D eigenvalue weighted by atomic mass is 9.43. The van der Waals surface area contributed by atoms with Crippen molar-refractivity contribution in [3.8, 4) is 0 Å². The van der Waals surface area contributed by atoms with Crippen LogP contribution in [0.25, 0.3) is 0 Å². The van der Waals surface area contributed by atoms with E-state index in [2.05, 4.69) is 45.3 Å². The number of rotatable bonds is 7. The first-order valence-electron chi connectivity index (χ1n) is 11.6. The van der Waals surface area contributed by atoms with Crippen LogP contribution in [-0.4, -0.2) is 43.1 Å². The number of hydrogen-bond donors (Lipinski definition) is 2. The van der Waals surface area contributed by atoms with Gasteiger partial charge in [0.25, 0.3) is 0 Å². The second-order valence-corrected chi connectivity index (χ2v) is 12.2. The fraction of sp³-hybridized carbons (Fsp3) is 0.913. The van der Waals surface area contributed by atoms with Crippen molar-refractivity contribution in [3.63, 3.8) is 0 Å². The molecule has 1 saturated heterocycles. The Morgan fingerprint density at radius 3 is 2.37 bits per heavy atom. The van der Waals surface area contributed by atoms with Crippen molar-refractivity contribution in [1.29, 1.82) is 0 Å². The first-order chi connectivity index (χ1) is 13.7. The van der Waals surface area contributed by atoms with Crippen molar-refractivity contribution in [2.75, 3.05) is 6.54 Å². The SMILES string of the molecule is CC(C)C[C@H](NC(=O)CNC(=O)CC(C)(C)C)B1O[C@@H]2C[C@@H]3CC(C3(C)C)[C@]2(C)O1. The van der Waals surface area contributed by atoms with Crippen LogP contribution in [0.15, 0.2) is 0 Å². The van der Waals surface area contributed by atoms with Crippen molar-refractivity contribution in [3.05, 3.63) is 0 Å². The number of hydrogen-bond acceptors (Lipinski definition) is 4. The molecule has 3 aliphatic carbocycles. The Bertz CT molecular complexity index is 675. The molecule has 0 aromatic heterocycles. The molecule has 2 N–H and O–H groups in total. The summed E-state index contributed by atoms with van der Waals surface area (Å²) in [6.07, 6.45) is 3.49. The summed E-state index contributed by atoms with van der Waals surface area (Å²) in [5, 5.41) is 5.82. The molecule has 6 nitrogen and oxygen atoms in total. The highest BCUT2D eigenvalue weighted by Gasteiger charge is 2.68. The Morgan fingerprint density at radius 2 is 1.80 bits per heavy atom.